The van der Waals surface area contributed by atoms with Crippen LogP contribution < -0.4 is 20.3 Å². The lowest BCUT2D eigenvalue weighted by molar-refractivity contribution is -0.384. The molecular weight excluding hydrogens is 392 g/mol. The maximum absolute atomic E-state index is 12.4. The molecule has 0 spiro atoms. The number of carbonyl (C=O) groups excluding carboxylic acids is 3. The van der Waals surface area contributed by atoms with E-state index in [1.165, 1.54) is 29.2 Å². The van der Waals surface area contributed by atoms with E-state index in [4.69, 9.17) is 4.74 Å². The van der Waals surface area contributed by atoms with Gasteiger partial charge in [0.15, 0.2) is 6.61 Å². The summed E-state index contributed by atoms with van der Waals surface area (Å²) in [4.78, 5) is 48.3. The standard InChI is InChI=1S/C20H20N4O6/c1-2-9-21-18(25)11-23-16-10-14(5-8-17(16)30-12-19(23)26)22-20(27)13-3-6-15(7-4-13)24(28)29/h3-8,10H,2,9,11-12H2,1H3,(H,21,25)(H,22,27). The summed E-state index contributed by atoms with van der Waals surface area (Å²) in [6.07, 6.45) is 0.776. The Bertz CT molecular complexity index is 989. The molecule has 0 saturated heterocycles. The van der Waals surface area contributed by atoms with Crippen molar-refractivity contribution in [2.75, 3.05) is 29.9 Å². The van der Waals surface area contributed by atoms with Crippen LogP contribution in [0.4, 0.5) is 17.1 Å². The Balaban J connectivity index is 1.78. The molecule has 1 heterocycles. The van der Waals surface area contributed by atoms with E-state index in [9.17, 15) is 24.5 Å². The van der Waals surface area contributed by atoms with Crippen LogP contribution in [0.3, 0.4) is 0 Å². The molecule has 1 aliphatic rings. The van der Waals surface area contributed by atoms with E-state index in [0.717, 1.165) is 6.42 Å². The number of nitrogens with one attached hydrogen (secondary N) is 2. The second kappa shape index (κ2) is 9.03. The lowest BCUT2D eigenvalue weighted by atomic mass is 10.1. The van der Waals surface area contributed by atoms with Gasteiger partial charge < -0.3 is 15.4 Å². The zero-order valence-corrected chi connectivity index (χ0v) is 16.2. The van der Waals surface area contributed by atoms with Gasteiger partial charge in [-0.05, 0) is 36.8 Å². The Morgan fingerprint density at radius 1 is 1.20 bits per heavy atom. The summed E-state index contributed by atoms with van der Waals surface area (Å²) >= 11 is 0. The summed E-state index contributed by atoms with van der Waals surface area (Å²) < 4.78 is 5.41. The van der Waals surface area contributed by atoms with Gasteiger partial charge in [-0.2, -0.15) is 0 Å². The van der Waals surface area contributed by atoms with E-state index in [2.05, 4.69) is 10.6 Å². The van der Waals surface area contributed by atoms with Crippen LogP contribution in [0.15, 0.2) is 42.5 Å². The molecule has 0 saturated carbocycles. The number of amides is 3. The van der Waals surface area contributed by atoms with Crippen LogP contribution in [0.2, 0.25) is 0 Å². The van der Waals surface area contributed by atoms with Gasteiger partial charge >= 0.3 is 0 Å². The van der Waals surface area contributed by atoms with Crippen molar-refractivity contribution in [3.8, 4) is 5.75 Å². The van der Waals surface area contributed by atoms with E-state index in [1.54, 1.807) is 18.2 Å². The predicted octanol–water partition coefficient (Wildman–Crippen LogP) is 2.10. The molecule has 3 rings (SSSR count). The normalized spacial score (nSPS) is 12.6. The Morgan fingerprint density at radius 2 is 1.93 bits per heavy atom. The highest BCUT2D eigenvalue weighted by molar-refractivity contribution is 6.06. The number of fused-ring (bicyclic) bond motifs is 1. The molecule has 0 fully saturated rings. The molecule has 0 atom stereocenters. The third-order valence-electron chi connectivity index (χ3n) is 4.37. The number of non-ortho nitro benzene ring substituents is 1. The van der Waals surface area contributed by atoms with Gasteiger partial charge in [0.1, 0.15) is 12.3 Å². The predicted molar refractivity (Wildman–Crippen MR) is 109 cm³/mol. The molecule has 2 aromatic rings. The molecule has 0 aliphatic carbocycles. The molecule has 0 bridgehead atoms. The Morgan fingerprint density at radius 3 is 2.60 bits per heavy atom. The smallest absolute Gasteiger partial charge is 0.269 e. The minimum absolute atomic E-state index is 0.118. The van der Waals surface area contributed by atoms with Crippen LogP contribution in [-0.4, -0.2) is 42.3 Å². The number of hydrogen-bond acceptors (Lipinski definition) is 6. The SMILES string of the molecule is CCCNC(=O)CN1C(=O)COc2ccc(NC(=O)c3ccc([N+](=O)[O-])cc3)cc21. The highest BCUT2D eigenvalue weighted by Crippen LogP contribution is 2.34. The average molecular weight is 412 g/mol. The Kier molecular flexibility index (Phi) is 6.26. The van der Waals surface area contributed by atoms with Crippen molar-refractivity contribution in [2.45, 2.75) is 13.3 Å². The fraction of sp³-hybridized carbons (Fsp3) is 0.250. The number of rotatable bonds is 7. The van der Waals surface area contributed by atoms with Gasteiger partial charge in [0.2, 0.25) is 5.91 Å². The minimum atomic E-state index is -0.548. The van der Waals surface area contributed by atoms with Crippen LogP contribution >= 0.6 is 0 Å². The number of nitro groups is 1. The number of nitro benzene ring substituents is 1. The maximum atomic E-state index is 12.4. The maximum Gasteiger partial charge on any atom is 0.269 e. The first-order chi connectivity index (χ1) is 14.4. The molecule has 0 aromatic heterocycles. The number of benzene rings is 2. The van der Waals surface area contributed by atoms with Crippen LogP contribution in [0, 0.1) is 10.1 Å². The number of carbonyl (C=O) groups is 3. The van der Waals surface area contributed by atoms with Crippen LogP contribution in [-0.2, 0) is 9.59 Å². The van der Waals surface area contributed by atoms with Crippen LogP contribution in [0.1, 0.15) is 23.7 Å². The van der Waals surface area contributed by atoms with Crippen molar-refractivity contribution in [3.63, 3.8) is 0 Å². The molecule has 3 amide bonds. The fourth-order valence-electron chi connectivity index (χ4n) is 2.85. The van der Waals surface area contributed by atoms with Crippen molar-refractivity contribution in [3.05, 3.63) is 58.1 Å². The first kappa shape index (κ1) is 20.8. The Hall–Kier alpha value is -3.95. The summed E-state index contributed by atoms with van der Waals surface area (Å²) in [6.45, 7) is 2.10. The summed E-state index contributed by atoms with van der Waals surface area (Å²) in [5, 5.41) is 16.1. The first-order valence-corrected chi connectivity index (χ1v) is 9.28. The molecule has 0 unspecified atom stereocenters. The quantitative estimate of drug-likeness (QED) is 0.529. The molecule has 2 N–H and O–H groups in total. The van der Waals surface area contributed by atoms with Crippen LogP contribution in [0.5, 0.6) is 5.75 Å². The molecule has 0 radical (unpaired) electrons. The summed E-state index contributed by atoms with van der Waals surface area (Å²) in [7, 11) is 0. The molecule has 30 heavy (non-hydrogen) atoms. The highest BCUT2D eigenvalue weighted by Gasteiger charge is 2.27. The fourth-order valence-corrected chi connectivity index (χ4v) is 2.85. The number of ether oxygens (including phenoxy) is 1. The first-order valence-electron chi connectivity index (χ1n) is 9.28. The van der Waals surface area contributed by atoms with E-state index >= 15 is 0 Å². The van der Waals surface area contributed by atoms with Gasteiger partial charge in [0.25, 0.3) is 17.5 Å². The third kappa shape index (κ3) is 4.72. The molecule has 156 valence electrons. The second-order valence-corrected chi connectivity index (χ2v) is 6.56. The van der Waals surface area contributed by atoms with Crippen molar-refractivity contribution in [1.29, 1.82) is 0 Å². The van der Waals surface area contributed by atoms with E-state index in [1.807, 2.05) is 6.92 Å². The van der Waals surface area contributed by atoms with Crippen molar-refractivity contribution >= 4 is 34.8 Å². The second-order valence-electron chi connectivity index (χ2n) is 6.56. The van der Waals surface area contributed by atoms with Crippen molar-refractivity contribution in [2.24, 2.45) is 0 Å². The summed E-state index contributed by atoms with van der Waals surface area (Å²) in [5.74, 6) is -0.710. The number of hydrogen-bond donors (Lipinski definition) is 2. The zero-order valence-electron chi connectivity index (χ0n) is 16.2. The lowest BCUT2D eigenvalue weighted by Crippen LogP contribution is -2.45. The van der Waals surface area contributed by atoms with E-state index in [0.29, 0.717) is 23.7 Å². The Labute approximate surface area is 172 Å². The van der Waals surface area contributed by atoms with Gasteiger partial charge in [-0.25, -0.2) is 0 Å². The molecule has 10 nitrogen and oxygen atoms in total. The van der Waals surface area contributed by atoms with Gasteiger partial charge in [-0.1, -0.05) is 6.92 Å². The number of nitrogens with zero attached hydrogens (tertiary/aromatic N) is 2. The third-order valence-corrected chi connectivity index (χ3v) is 4.37. The largest absolute Gasteiger partial charge is 0.482 e. The zero-order chi connectivity index (χ0) is 21.7. The summed E-state index contributed by atoms with van der Waals surface area (Å²) in [5.41, 5.74) is 0.878. The van der Waals surface area contributed by atoms with Gasteiger partial charge in [-0.3, -0.25) is 29.4 Å². The van der Waals surface area contributed by atoms with Crippen LogP contribution in [0.25, 0.3) is 0 Å². The van der Waals surface area contributed by atoms with Gasteiger partial charge in [0.05, 0.1) is 10.6 Å². The van der Waals surface area contributed by atoms with Crippen molar-refractivity contribution in [1.82, 2.24) is 5.32 Å². The van der Waals surface area contributed by atoms with E-state index < -0.39 is 10.8 Å². The minimum Gasteiger partial charge on any atom is -0.482 e. The molecular formula is C20H20N4O6. The van der Waals surface area contributed by atoms with Gasteiger partial charge in [-0.15, -0.1) is 0 Å². The topological polar surface area (TPSA) is 131 Å². The summed E-state index contributed by atoms with van der Waals surface area (Å²) in [6, 6.07) is 9.93. The number of anilines is 2. The lowest BCUT2D eigenvalue weighted by Gasteiger charge is -2.29. The molecule has 2 aromatic carbocycles. The highest BCUT2D eigenvalue weighted by atomic mass is 16.6. The van der Waals surface area contributed by atoms with Gasteiger partial charge in [0, 0.05) is 29.9 Å². The van der Waals surface area contributed by atoms with E-state index in [-0.39, 0.29) is 36.2 Å². The molecule has 10 heteroatoms. The monoisotopic (exact) mass is 412 g/mol. The van der Waals surface area contributed by atoms with Crippen molar-refractivity contribution < 1.29 is 24.0 Å². The average Bonchev–Trinajstić information content (AvgIpc) is 2.74. The molecule has 1 aliphatic heterocycles.